The van der Waals surface area contributed by atoms with Crippen molar-refractivity contribution in [1.82, 2.24) is 19.7 Å². The van der Waals surface area contributed by atoms with Crippen molar-refractivity contribution in [1.29, 1.82) is 0 Å². The minimum atomic E-state index is -0.878. The number of hydrogen-bond acceptors (Lipinski definition) is 4. The van der Waals surface area contributed by atoms with Gasteiger partial charge in [-0.25, -0.2) is 9.67 Å². The Kier molecular flexibility index (Phi) is 3.85. The number of hydrogen-bond donors (Lipinski definition) is 1. The average Bonchev–Trinajstić information content (AvgIpc) is 3.09. The Balaban J connectivity index is 1.83. The van der Waals surface area contributed by atoms with E-state index in [1.54, 1.807) is 41.0 Å². The maximum Gasteiger partial charge on any atom is 0.311 e. The van der Waals surface area contributed by atoms with Crippen LogP contribution >= 0.6 is 0 Å². The van der Waals surface area contributed by atoms with Gasteiger partial charge in [0.05, 0.1) is 11.1 Å². The van der Waals surface area contributed by atoms with E-state index in [2.05, 4.69) is 10.1 Å². The van der Waals surface area contributed by atoms with Crippen LogP contribution in [-0.2, 0) is 4.79 Å². The van der Waals surface area contributed by atoms with Crippen LogP contribution in [0.2, 0.25) is 0 Å². The standard InChI is InChI=1S/C16H18N4O3/c1-16(15(22)23)6-3-7-19(9-16)14(21)12-4-2-5-13(8-12)20-11-17-10-18-20/h2,4-5,8,10-11H,3,6-7,9H2,1H3,(H,22,23). The van der Waals surface area contributed by atoms with Gasteiger partial charge < -0.3 is 10.0 Å². The van der Waals surface area contributed by atoms with E-state index in [0.717, 1.165) is 5.69 Å². The first-order valence-corrected chi connectivity index (χ1v) is 7.47. The first-order valence-electron chi connectivity index (χ1n) is 7.47. The van der Waals surface area contributed by atoms with E-state index in [1.807, 2.05) is 6.07 Å². The predicted octanol–water partition coefficient (Wildman–Crippen LogP) is 1.59. The maximum absolute atomic E-state index is 12.7. The van der Waals surface area contributed by atoms with Gasteiger partial charge >= 0.3 is 5.97 Å². The largest absolute Gasteiger partial charge is 0.481 e. The lowest BCUT2D eigenvalue weighted by molar-refractivity contribution is -0.150. The highest BCUT2D eigenvalue weighted by molar-refractivity contribution is 5.95. The number of aliphatic carboxylic acids is 1. The van der Waals surface area contributed by atoms with E-state index in [4.69, 9.17) is 0 Å². The third kappa shape index (κ3) is 2.94. The van der Waals surface area contributed by atoms with Gasteiger partial charge in [-0.1, -0.05) is 6.07 Å². The average molecular weight is 314 g/mol. The summed E-state index contributed by atoms with van der Waals surface area (Å²) in [5, 5.41) is 13.4. The first kappa shape index (κ1) is 15.2. The SMILES string of the molecule is CC1(C(=O)O)CCCN(C(=O)c2cccc(-n3cncn3)c2)C1. The van der Waals surface area contributed by atoms with Gasteiger partial charge in [-0.15, -0.1) is 0 Å². The van der Waals surface area contributed by atoms with Crippen LogP contribution in [0.3, 0.4) is 0 Å². The summed E-state index contributed by atoms with van der Waals surface area (Å²) in [6.45, 7) is 2.50. The molecule has 1 N–H and O–H groups in total. The molecule has 1 aliphatic heterocycles. The lowest BCUT2D eigenvalue weighted by Crippen LogP contribution is -2.48. The summed E-state index contributed by atoms with van der Waals surface area (Å²) in [6.07, 6.45) is 4.27. The third-order valence-corrected chi connectivity index (χ3v) is 4.28. The molecular formula is C16H18N4O3. The van der Waals surface area contributed by atoms with Crippen molar-refractivity contribution < 1.29 is 14.7 Å². The van der Waals surface area contributed by atoms with Crippen LogP contribution in [0.5, 0.6) is 0 Å². The van der Waals surface area contributed by atoms with E-state index in [1.165, 1.54) is 6.33 Å². The number of carboxylic acids is 1. The summed E-state index contributed by atoms with van der Waals surface area (Å²) >= 11 is 0. The summed E-state index contributed by atoms with van der Waals surface area (Å²) < 4.78 is 1.58. The number of rotatable bonds is 3. The lowest BCUT2D eigenvalue weighted by Gasteiger charge is -2.37. The Morgan fingerprint density at radius 2 is 2.17 bits per heavy atom. The zero-order valence-corrected chi connectivity index (χ0v) is 12.8. The highest BCUT2D eigenvalue weighted by atomic mass is 16.4. The number of carbonyl (C=O) groups is 2. The molecule has 7 heteroatoms. The fourth-order valence-electron chi connectivity index (χ4n) is 2.89. The van der Waals surface area contributed by atoms with Crippen molar-refractivity contribution >= 4 is 11.9 Å². The van der Waals surface area contributed by atoms with Gasteiger partial charge in [0.2, 0.25) is 0 Å². The number of nitrogens with zero attached hydrogens (tertiary/aromatic N) is 4. The molecular weight excluding hydrogens is 296 g/mol. The molecule has 0 aliphatic carbocycles. The maximum atomic E-state index is 12.7. The van der Waals surface area contributed by atoms with E-state index in [0.29, 0.717) is 24.9 Å². The van der Waals surface area contributed by atoms with Gasteiger partial charge in [0, 0.05) is 18.7 Å². The van der Waals surface area contributed by atoms with Crippen molar-refractivity contribution in [3.05, 3.63) is 42.5 Å². The molecule has 1 aromatic carbocycles. The van der Waals surface area contributed by atoms with Crippen molar-refractivity contribution in [2.75, 3.05) is 13.1 Å². The molecule has 2 heterocycles. The molecule has 1 saturated heterocycles. The second kappa shape index (κ2) is 5.83. The van der Waals surface area contributed by atoms with E-state index in [9.17, 15) is 14.7 Å². The Hall–Kier alpha value is -2.70. The van der Waals surface area contributed by atoms with Crippen LogP contribution in [0.25, 0.3) is 5.69 Å². The zero-order valence-electron chi connectivity index (χ0n) is 12.8. The number of likely N-dealkylation sites (tertiary alicyclic amines) is 1. The Bertz CT molecular complexity index is 729. The van der Waals surface area contributed by atoms with Gasteiger partial charge in [0.1, 0.15) is 12.7 Å². The number of piperidine rings is 1. The zero-order chi connectivity index (χ0) is 16.4. The van der Waals surface area contributed by atoms with Crippen LogP contribution in [0.4, 0.5) is 0 Å². The van der Waals surface area contributed by atoms with Crippen LogP contribution in [0.1, 0.15) is 30.1 Å². The smallest absolute Gasteiger partial charge is 0.311 e. The molecule has 0 bridgehead atoms. The molecule has 3 rings (SSSR count). The second-order valence-electron chi connectivity index (χ2n) is 6.09. The van der Waals surface area contributed by atoms with Crippen LogP contribution in [-0.4, -0.2) is 49.7 Å². The first-order chi connectivity index (χ1) is 11.0. The molecule has 0 saturated carbocycles. The molecule has 23 heavy (non-hydrogen) atoms. The molecule has 1 fully saturated rings. The third-order valence-electron chi connectivity index (χ3n) is 4.28. The van der Waals surface area contributed by atoms with Gasteiger partial charge in [-0.05, 0) is 38.0 Å². The minimum absolute atomic E-state index is 0.154. The minimum Gasteiger partial charge on any atom is -0.481 e. The molecule has 120 valence electrons. The quantitative estimate of drug-likeness (QED) is 0.929. The molecule has 1 atom stereocenters. The summed E-state index contributed by atoms with van der Waals surface area (Å²) in [5.74, 6) is -1.01. The van der Waals surface area contributed by atoms with Crippen molar-refractivity contribution in [3.8, 4) is 5.69 Å². The van der Waals surface area contributed by atoms with Crippen LogP contribution in [0, 0.1) is 5.41 Å². The number of carboxylic acid groups (broad SMARTS) is 1. The molecule has 0 spiro atoms. The Morgan fingerprint density at radius 1 is 1.35 bits per heavy atom. The lowest BCUT2D eigenvalue weighted by atomic mass is 9.82. The van der Waals surface area contributed by atoms with Crippen molar-refractivity contribution in [2.24, 2.45) is 5.41 Å². The summed E-state index contributed by atoms with van der Waals surface area (Å²) in [6, 6.07) is 7.09. The second-order valence-corrected chi connectivity index (χ2v) is 6.09. The molecule has 1 amide bonds. The fourth-order valence-corrected chi connectivity index (χ4v) is 2.89. The van der Waals surface area contributed by atoms with E-state index < -0.39 is 11.4 Å². The topological polar surface area (TPSA) is 88.3 Å². The van der Waals surface area contributed by atoms with Crippen molar-refractivity contribution in [2.45, 2.75) is 19.8 Å². The van der Waals surface area contributed by atoms with Gasteiger partial charge in [0.25, 0.3) is 5.91 Å². The molecule has 1 aromatic heterocycles. The predicted molar refractivity (Wildman–Crippen MR) is 82.2 cm³/mol. The summed E-state index contributed by atoms with van der Waals surface area (Å²) in [7, 11) is 0. The molecule has 1 unspecified atom stereocenters. The normalized spacial score (nSPS) is 21.2. The summed E-state index contributed by atoms with van der Waals surface area (Å²) in [5.41, 5.74) is 0.385. The highest BCUT2D eigenvalue weighted by Crippen LogP contribution is 2.30. The van der Waals surface area contributed by atoms with Crippen LogP contribution in [0.15, 0.2) is 36.9 Å². The van der Waals surface area contributed by atoms with Gasteiger partial charge in [-0.3, -0.25) is 9.59 Å². The van der Waals surface area contributed by atoms with Crippen molar-refractivity contribution in [3.63, 3.8) is 0 Å². The van der Waals surface area contributed by atoms with E-state index >= 15 is 0 Å². The number of aromatic nitrogens is 3. The number of amides is 1. The molecule has 7 nitrogen and oxygen atoms in total. The highest BCUT2D eigenvalue weighted by Gasteiger charge is 2.39. The number of benzene rings is 1. The Morgan fingerprint density at radius 3 is 2.87 bits per heavy atom. The van der Waals surface area contributed by atoms with E-state index in [-0.39, 0.29) is 12.5 Å². The van der Waals surface area contributed by atoms with Crippen LogP contribution < -0.4 is 0 Å². The summed E-state index contributed by atoms with van der Waals surface area (Å²) in [4.78, 5) is 29.7. The van der Waals surface area contributed by atoms with Gasteiger partial charge in [0.15, 0.2) is 0 Å². The van der Waals surface area contributed by atoms with Gasteiger partial charge in [-0.2, -0.15) is 5.10 Å². The molecule has 0 radical (unpaired) electrons. The molecule has 2 aromatic rings. The molecule has 1 aliphatic rings. The fraction of sp³-hybridized carbons (Fsp3) is 0.375. The monoisotopic (exact) mass is 314 g/mol. The number of carbonyl (C=O) groups excluding carboxylic acids is 1. The Labute approximate surface area is 133 Å².